The number of nitrogens with one attached hydrogen (secondary N) is 1. The Bertz CT molecular complexity index is 458. The molecule has 3 rings (SSSR count). The SMILES string of the molecule is O=C(NC1CCCCC1O)C1Cc2ccccc21. The van der Waals surface area contributed by atoms with Gasteiger partial charge in [0.25, 0.3) is 0 Å². The fourth-order valence-electron chi connectivity index (χ4n) is 3.06. The molecule has 3 heteroatoms. The maximum absolute atomic E-state index is 12.2. The van der Waals surface area contributed by atoms with Crippen molar-refractivity contribution in [2.24, 2.45) is 0 Å². The molecule has 0 bridgehead atoms. The molecule has 3 atom stereocenters. The summed E-state index contributed by atoms with van der Waals surface area (Å²) >= 11 is 0. The summed E-state index contributed by atoms with van der Waals surface area (Å²) in [7, 11) is 0. The average Bonchev–Trinajstić information content (AvgIpc) is 2.34. The van der Waals surface area contributed by atoms with E-state index in [1.807, 2.05) is 18.2 Å². The van der Waals surface area contributed by atoms with Crippen LogP contribution in [0.1, 0.15) is 42.7 Å². The van der Waals surface area contributed by atoms with E-state index in [4.69, 9.17) is 0 Å². The van der Waals surface area contributed by atoms with Gasteiger partial charge in [0.05, 0.1) is 18.1 Å². The van der Waals surface area contributed by atoms with E-state index in [0.29, 0.717) is 0 Å². The van der Waals surface area contributed by atoms with Crippen LogP contribution in [0.5, 0.6) is 0 Å². The molecule has 2 aliphatic carbocycles. The predicted octanol–water partition coefficient (Wildman–Crippen LogP) is 1.75. The van der Waals surface area contributed by atoms with Crippen molar-refractivity contribution < 1.29 is 9.90 Å². The van der Waals surface area contributed by atoms with Crippen molar-refractivity contribution in [3.05, 3.63) is 35.4 Å². The van der Waals surface area contributed by atoms with E-state index in [2.05, 4.69) is 11.4 Å². The molecule has 2 N–H and O–H groups in total. The summed E-state index contributed by atoms with van der Waals surface area (Å²) in [6, 6.07) is 8.06. The lowest BCUT2D eigenvalue weighted by atomic mass is 9.77. The minimum Gasteiger partial charge on any atom is -0.391 e. The van der Waals surface area contributed by atoms with Crippen molar-refractivity contribution in [1.82, 2.24) is 5.32 Å². The monoisotopic (exact) mass is 245 g/mol. The molecule has 1 fully saturated rings. The largest absolute Gasteiger partial charge is 0.391 e. The van der Waals surface area contributed by atoms with Gasteiger partial charge in [-0.25, -0.2) is 0 Å². The van der Waals surface area contributed by atoms with Gasteiger partial charge in [0.2, 0.25) is 5.91 Å². The van der Waals surface area contributed by atoms with Crippen LogP contribution in [0.3, 0.4) is 0 Å². The van der Waals surface area contributed by atoms with Crippen molar-refractivity contribution in [3.63, 3.8) is 0 Å². The van der Waals surface area contributed by atoms with Crippen LogP contribution in [0.2, 0.25) is 0 Å². The third-order valence-electron chi connectivity index (χ3n) is 4.23. The van der Waals surface area contributed by atoms with Gasteiger partial charge in [-0.15, -0.1) is 0 Å². The van der Waals surface area contributed by atoms with E-state index < -0.39 is 0 Å². The van der Waals surface area contributed by atoms with Crippen LogP contribution in [-0.4, -0.2) is 23.2 Å². The van der Waals surface area contributed by atoms with Crippen molar-refractivity contribution in [2.45, 2.75) is 50.2 Å². The molecule has 1 aromatic rings. The Morgan fingerprint density at radius 3 is 2.78 bits per heavy atom. The Morgan fingerprint density at radius 2 is 2.00 bits per heavy atom. The first-order valence-electron chi connectivity index (χ1n) is 6.82. The first-order chi connectivity index (χ1) is 8.75. The van der Waals surface area contributed by atoms with Crippen LogP contribution in [0, 0.1) is 0 Å². The Balaban J connectivity index is 1.63. The van der Waals surface area contributed by atoms with E-state index in [1.54, 1.807) is 0 Å². The molecular weight excluding hydrogens is 226 g/mol. The molecule has 0 heterocycles. The lowest BCUT2D eigenvalue weighted by molar-refractivity contribution is -0.125. The highest BCUT2D eigenvalue weighted by Crippen LogP contribution is 2.35. The molecule has 18 heavy (non-hydrogen) atoms. The van der Waals surface area contributed by atoms with Crippen molar-refractivity contribution in [1.29, 1.82) is 0 Å². The zero-order chi connectivity index (χ0) is 12.5. The Hall–Kier alpha value is -1.35. The minimum absolute atomic E-state index is 0.00433. The number of carbonyl (C=O) groups is 1. The highest BCUT2D eigenvalue weighted by molar-refractivity contribution is 5.87. The number of rotatable bonds is 2. The number of hydrogen-bond acceptors (Lipinski definition) is 2. The molecule has 0 radical (unpaired) electrons. The molecule has 3 unspecified atom stereocenters. The summed E-state index contributed by atoms with van der Waals surface area (Å²) in [6.07, 6.45) is 4.36. The Kier molecular flexibility index (Phi) is 3.08. The second-order valence-corrected chi connectivity index (χ2v) is 5.42. The van der Waals surface area contributed by atoms with E-state index >= 15 is 0 Å². The van der Waals surface area contributed by atoms with Crippen LogP contribution < -0.4 is 5.32 Å². The third kappa shape index (κ3) is 2.03. The van der Waals surface area contributed by atoms with Gasteiger partial charge in [0.15, 0.2) is 0 Å². The van der Waals surface area contributed by atoms with Crippen LogP contribution in [0.15, 0.2) is 24.3 Å². The van der Waals surface area contributed by atoms with Gasteiger partial charge in [-0.3, -0.25) is 4.79 Å². The quantitative estimate of drug-likeness (QED) is 0.834. The van der Waals surface area contributed by atoms with Gasteiger partial charge in [0.1, 0.15) is 0 Å². The summed E-state index contributed by atoms with van der Waals surface area (Å²) in [6.45, 7) is 0. The summed E-state index contributed by atoms with van der Waals surface area (Å²) < 4.78 is 0. The van der Waals surface area contributed by atoms with Gasteiger partial charge >= 0.3 is 0 Å². The van der Waals surface area contributed by atoms with Crippen molar-refractivity contribution >= 4 is 5.91 Å². The predicted molar refractivity (Wildman–Crippen MR) is 69.3 cm³/mol. The van der Waals surface area contributed by atoms with Gasteiger partial charge in [-0.05, 0) is 30.4 Å². The van der Waals surface area contributed by atoms with Gasteiger partial charge in [-0.1, -0.05) is 37.1 Å². The lowest BCUT2D eigenvalue weighted by Gasteiger charge is -2.33. The molecule has 3 nitrogen and oxygen atoms in total. The highest BCUT2D eigenvalue weighted by atomic mass is 16.3. The maximum atomic E-state index is 12.2. The number of aliphatic hydroxyl groups is 1. The smallest absolute Gasteiger partial charge is 0.228 e. The molecule has 0 spiro atoms. The number of benzene rings is 1. The molecule has 0 aliphatic heterocycles. The first kappa shape index (κ1) is 11.7. The van der Waals surface area contributed by atoms with Crippen LogP contribution in [0.25, 0.3) is 0 Å². The summed E-state index contributed by atoms with van der Waals surface area (Å²) in [5.41, 5.74) is 2.43. The lowest BCUT2D eigenvalue weighted by Crippen LogP contribution is -2.48. The summed E-state index contributed by atoms with van der Waals surface area (Å²) in [5, 5.41) is 12.9. The number of hydrogen-bond donors (Lipinski definition) is 2. The average molecular weight is 245 g/mol. The zero-order valence-corrected chi connectivity index (χ0v) is 10.4. The van der Waals surface area contributed by atoms with E-state index in [1.165, 1.54) is 5.56 Å². The minimum atomic E-state index is -0.363. The Labute approximate surface area is 107 Å². The molecule has 1 amide bonds. The van der Waals surface area contributed by atoms with Crippen molar-refractivity contribution in [2.75, 3.05) is 0 Å². The number of amides is 1. The Morgan fingerprint density at radius 1 is 1.22 bits per heavy atom. The molecule has 1 saturated carbocycles. The molecule has 1 aromatic carbocycles. The van der Waals surface area contributed by atoms with Gasteiger partial charge in [0, 0.05) is 0 Å². The zero-order valence-electron chi connectivity index (χ0n) is 10.4. The topological polar surface area (TPSA) is 49.3 Å². The van der Waals surface area contributed by atoms with Gasteiger partial charge < -0.3 is 10.4 Å². The molecule has 0 aromatic heterocycles. The second-order valence-electron chi connectivity index (χ2n) is 5.42. The molecule has 0 saturated heterocycles. The number of aliphatic hydroxyl groups excluding tert-OH is 1. The van der Waals surface area contributed by atoms with E-state index in [0.717, 1.165) is 37.7 Å². The molecular formula is C15H19NO2. The fraction of sp³-hybridized carbons (Fsp3) is 0.533. The maximum Gasteiger partial charge on any atom is 0.228 e. The highest BCUT2D eigenvalue weighted by Gasteiger charge is 2.34. The van der Waals surface area contributed by atoms with E-state index in [-0.39, 0.29) is 24.0 Å². The number of carbonyl (C=O) groups excluding carboxylic acids is 1. The molecule has 96 valence electrons. The van der Waals surface area contributed by atoms with Crippen LogP contribution >= 0.6 is 0 Å². The summed E-state index contributed by atoms with van der Waals surface area (Å²) in [5.74, 6) is 0.0787. The molecule has 2 aliphatic rings. The normalized spacial score (nSPS) is 30.2. The van der Waals surface area contributed by atoms with Crippen LogP contribution in [-0.2, 0) is 11.2 Å². The fourth-order valence-corrected chi connectivity index (χ4v) is 3.06. The third-order valence-corrected chi connectivity index (χ3v) is 4.23. The van der Waals surface area contributed by atoms with Gasteiger partial charge in [-0.2, -0.15) is 0 Å². The second kappa shape index (κ2) is 4.73. The first-order valence-corrected chi connectivity index (χ1v) is 6.82. The number of fused-ring (bicyclic) bond motifs is 1. The van der Waals surface area contributed by atoms with Crippen molar-refractivity contribution in [3.8, 4) is 0 Å². The summed E-state index contributed by atoms with van der Waals surface area (Å²) in [4.78, 5) is 12.2. The van der Waals surface area contributed by atoms with Crippen LogP contribution in [0.4, 0.5) is 0 Å². The standard InChI is InChI=1S/C15H19NO2/c17-14-8-4-3-7-13(14)16-15(18)12-9-10-5-1-2-6-11(10)12/h1-2,5-6,12-14,17H,3-4,7-9H2,(H,16,18). The van der Waals surface area contributed by atoms with E-state index in [9.17, 15) is 9.90 Å².